The molecule has 1 N–H and O–H groups in total. The van der Waals surface area contributed by atoms with Gasteiger partial charge in [0.1, 0.15) is 5.82 Å². The molecule has 0 atom stereocenters. The SMILES string of the molecule is Cc1c(Cl)cccc1C(=O)NCc1cnc(N2CCN(Cc3ccc(F)cc3)CC2)s1. The Bertz CT molecular complexity index is 1050. The van der Waals surface area contributed by atoms with E-state index in [9.17, 15) is 9.18 Å². The summed E-state index contributed by atoms with van der Waals surface area (Å²) in [6, 6.07) is 12.0. The second-order valence-corrected chi connectivity index (χ2v) is 9.09. The van der Waals surface area contributed by atoms with Gasteiger partial charge in [-0.3, -0.25) is 9.69 Å². The molecular weight excluding hydrogens is 435 g/mol. The van der Waals surface area contributed by atoms with Gasteiger partial charge in [-0.05, 0) is 42.3 Å². The number of amides is 1. The van der Waals surface area contributed by atoms with E-state index in [4.69, 9.17) is 11.6 Å². The third-order valence-corrected chi connectivity index (χ3v) is 6.91. The topological polar surface area (TPSA) is 48.5 Å². The van der Waals surface area contributed by atoms with Crippen molar-refractivity contribution in [3.63, 3.8) is 0 Å². The van der Waals surface area contributed by atoms with Crippen LogP contribution in [-0.4, -0.2) is 42.0 Å². The average molecular weight is 459 g/mol. The van der Waals surface area contributed by atoms with Gasteiger partial charge in [0.2, 0.25) is 0 Å². The number of carbonyl (C=O) groups is 1. The summed E-state index contributed by atoms with van der Waals surface area (Å²) in [6.45, 7) is 6.75. The third-order valence-electron chi connectivity index (χ3n) is 5.44. The summed E-state index contributed by atoms with van der Waals surface area (Å²) in [5.74, 6) is -0.337. The average Bonchev–Trinajstić information content (AvgIpc) is 3.25. The van der Waals surface area contributed by atoms with Gasteiger partial charge in [0, 0.05) is 54.4 Å². The van der Waals surface area contributed by atoms with Crippen molar-refractivity contribution in [2.24, 2.45) is 0 Å². The highest BCUT2D eigenvalue weighted by Crippen LogP contribution is 2.24. The number of nitrogens with zero attached hydrogens (tertiary/aromatic N) is 3. The van der Waals surface area contributed by atoms with E-state index < -0.39 is 0 Å². The molecule has 1 fully saturated rings. The van der Waals surface area contributed by atoms with E-state index in [1.807, 2.05) is 25.3 Å². The lowest BCUT2D eigenvalue weighted by Gasteiger charge is -2.34. The maximum atomic E-state index is 13.1. The van der Waals surface area contributed by atoms with Gasteiger partial charge in [-0.2, -0.15) is 0 Å². The van der Waals surface area contributed by atoms with Crippen molar-refractivity contribution in [2.45, 2.75) is 20.0 Å². The van der Waals surface area contributed by atoms with E-state index in [1.165, 1.54) is 12.1 Å². The van der Waals surface area contributed by atoms with Gasteiger partial charge in [0.25, 0.3) is 5.91 Å². The van der Waals surface area contributed by atoms with E-state index in [0.717, 1.165) is 53.9 Å². The van der Waals surface area contributed by atoms with E-state index in [1.54, 1.807) is 29.5 Å². The quantitative estimate of drug-likeness (QED) is 0.591. The molecule has 8 heteroatoms. The van der Waals surface area contributed by atoms with Crippen LogP contribution in [0.25, 0.3) is 0 Å². The summed E-state index contributed by atoms with van der Waals surface area (Å²) >= 11 is 7.72. The number of anilines is 1. The first-order valence-corrected chi connectivity index (χ1v) is 11.4. The van der Waals surface area contributed by atoms with Crippen LogP contribution in [0.2, 0.25) is 5.02 Å². The first-order valence-electron chi connectivity index (χ1n) is 10.2. The zero-order valence-corrected chi connectivity index (χ0v) is 18.8. The summed E-state index contributed by atoms with van der Waals surface area (Å²) in [6.07, 6.45) is 1.83. The minimum absolute atomic E-state index is 0.135. The van der Waals surface area contributed by atoms with Crippen molar-refractivity contribution in [1.82, 2.24) is 15.2 Å². The highest BCUT2D eigenvalue weighted by molar-refractivity contribution is 7.15. The molecule has 3 aromatic rings. The van der Waals surface area contributed by atoms with Crippen LogP contribution in [0.1, 0.15) is 26.4 Å². The Morgan fingerprint density at radius 1 is 1.16 bits per heavy atom. The number of nitrogens with one attached hydrogen (secondary N) is 1. The van der Waals surface area contributed by atoms with Gasteiger partial charge < -0.3 is 10.2 Å². The van der Waals surface area contributed by atoms with Crippen LogP contribution >= 0.6 is 22.9 Å². The Morgan fingerprint density at radius 3 is 2.65 bits per heavy atom. The van der Waals surface area contributed by atoms with E-state index >= 15 is 0 Å². The van der Waals surface area contributed by atoms with Crippen molar-refractivity contribution in [3.8, 4) is 0 Å². The smallest absolute Gasteiger partial charge is 0.251 e. The molecule has 0 aliphatic carbocycles. The van der Waals surface area contributed by atoms with E-state index in [-0.39, 0.29) is 11.7 Å². The van der Waals surface area contributed by atoms with Gasteiger partial charge in [-0.25, -0.2) is 9.37 Å². The van der Waals surface area contributed by atoms with Crippen molar-refractivity contribution in [2.75, 3.05) is 31.1 Å². The second-order valence-electron chi connectivity index (χ2n) is 7.59. The van der Waals surface area contributed by atoms with Crippen LogP contribution in [0.5, 0.6) is 0 Å². The molecule has 5 nitrogen and oxygen atoms in total. The molecule has 0 unspecified atom stereocenters. The van der Waals surface area contributed by atoms with Crippen molar-refractivity contribution >= 4 is 34.0 Å². The number of hydrogen-bond donors (Lipinski definition) is 1. The van der Waals surface area contributed by atoms with E-state index in [2.05, 4.69) is 20.1 Å². The van der Waals surface area contributed by atoms with Gasteiger partial charge in [-0.1, -0.05) is 29.8 Å². The minimum atomic E-state index is -0.202. The third kappa shape index (κ3) is 5.42. The lowest BCUT2D eigenvalue weighted by molar-refractivity contribution is 0.0950. The molecule has 1 aliphatic rings. The van der Waals surface area contributed by atoms with Crippen LogP contribution in [0, 0.1) is 12.7 Å². The number of halogens is 2. The highest BCUT2D eigenvalue weighted by Gasteiger charge is 2.20. The lowest BCUT2D eigenvalue weighted by Crippen LogP contribution is -2.45. The second kappa shape index (κ2) is 9.77. The molecular formula is C23H24ClFN4OS. The van der Waals surface area contributed by atoms with Crippen LogP contribution in [-0.2, 0) is 13.1 Å². The van der Waals surface area contributed by atoms with Crippen LogP contribution in [0.15, 0.2) is 48.7 Å². The zero-order valence-electron chi connectivity index (χ0n) is 17.3. The molecule has 0 bridgehead atoms. The largest absolute Gasteiger partial charge is 0.347 e. The standard InChI is InChI=1S/C23H24ClFN4OS/c1-16-20(3-2-4-21(16)24)22(30)26-13-19-14-27-23(31-19)29-11-9-28(10-12-29)15-17-5-7-18(25)8-6-17/h2-8,14H,9-13,15H2,1H3,(H,26,30). The Morgan fingerprint density at radius 2 is 1.90 bits per heavy atom. The summed E-state index contributed by atoms with van der Waals surface area (Å²) in [4.78, 5) is 22.7. The number of rotatable bonds is 6. The Balaban J connectivity index is 1.28. The fourth-order valence-corrected chi connectivity index (χ4v) is 4.66. The van der Waals surface area contributed by atoms with Crippen molar-refractivity contribution < 1.29 is 9.18 Å². The Labute approximate surface area is 190 Å². The number of aromatic nitrogens is 1. The number of piperazine rings is 1. The molecule has 0 saturated carbocycles. The molecule has 1 aromatic heterocycles. The predicted octanol–water partition coefficient (Wildman–Crippen LogP) is 4.50. The first kappa shape index (κ1) is 21.7. The summed E-state index contributed by atoms with van der Waals surface area (Å²) in [5.41, 5.74) is 2.50. The summed E-state index contributed by atoms with van der Waals surface area (Å²) < 4.78 is 13.1. The molecule has 1 saturated heterocycles. The monoisotopic (exact) mass is 458 g/mol. The predicted molar refractivity (Wildman–Crippen MR) is 123 cm³/mol. The van der Waals surface area contributed by atoms with E-state index in [0.29, 0.717) is 17.1 Å². The number of benzene rings is 2. The van der Waals surface area contributed by atoms with Gasteiger partial charge in [0.15, 0.2) is 5.13 Å². The molecule has 162 valence electrons. The fourth-order valence-electron chi connectivity index (χ4n) is 3.59. The molecule has 0 radical (unpaired) electrons. The fraction of sp³-hybridized carbons (Fsp3) is 0.304. The van der Waals surface area contributed by atoms with Crippen LogP contribution < -0.4 is 10.2 Å². The zero-order chi connectivity index (χ0) is 21.8. The molecule has 1 amide bonds. The number of carbonyl (C=O) groups excluding carboxylic acids is 1. The Kier molecular flexibility index (Phi) is 6.85. The summed E-state index contributed by atoms with van der Waals surface area (Å²) in [5, 5.41) is 4.52. The van der Waals surface area contributed by atoms with Crippen LogP contribution in [0.4, 0.5) is 9.52 Å². The number of hydrogen-bond acceptors (Lipinski definition) is 5. The highest BCUT2D eigenvalue weighted by atomic mass is 35.5. The number of thiazole rings is 1. The molecule has 1 aliphatic heterocycles. The normalized spacial score (nSPS) is 14.6. The molecule has 0 spiro atoms. The maximum Gasteiger partial charge on any atom is 0.251 e. The Hall–Kier alpha value is -2.48. The van der Waals surface area contributed by atoms with Gasteiger partial charge in [-0.15, -0.1) is 11.3 Å². The molecule has 2 aromatic carbocycles. The summed E-state index contributed by atoms with van der Waals surface area (Å²) in [7, 11) is 0. The molecule has 4 rings (SSSR count). The molecule has 2 heterocycles. The molecule has 31 heavy (non-hydrogen) atoms. The first-order chi connectivity index (χ1) is 15.0. The maximum absolute atomic E-state index is 13.1. The van der Waals surface area contributed by atoms with Gasteiger partial charge >= 0.3 is 0 Å². The van der Waals surface area contributed by atoms with Gasteiger partial charge in [0.05, 0.1) is 6.54 Å². The van der Waals surface area contributed by atoms with Crippen molar-refractivity contribution in [1.29, 1.82) is 0 Å². The van der Waals surface area contributed by atoms with Crippen molar-refractivity contribution in [3.05, 3.63) is 81.1 Å². The lowest BCUT2D eigenvalue weighted by atomic mass is 10.1. The van der Waals surface area contributed by atoms with Crippen LogP contribution in [0.3, 0.4) is 0 Å². The minimum Gasteiger partial charge on any atom is -0.347 e.